The molecule has 1 rings (SSSR count). The van der Waals surface area contributed by atoms with E-state index in [0.717, 1.165) is 6.42 Å². The van der Waals surface area contributed by atoms with Gasteiger partial charge in [0.05, 0.1) is 18.6 Å². The highest BCUT2D eigenvalue weighted by Gasteiger charge is 2.22. The van der Waals surface area contributed by atoms with Crippen LogP contribution in [0.4, 0.5) is 0 Å². The average Bonchev–Trinajstić information content (AvgIpc) is 2.58. The summed E-state index contributed by atoms with van der Waals surface area (Å²) < 4.78 is 11.4. The molecule has 3 unspecified atom stereocenters. The average molecular weight is 233 g/mol. The molecular weight excluding hydrogens is 212 g/mol. The topological polar surface area (TPSA) is 18.5 Å². The Morgan fingerprint density at radius 1 is 1.47 bits per heavy atom. The van der Waals surface area contributed by atoms with Gasteiger partial charge in [0.2, 0.25) is 0 Å². The molecule has 0 bridgehead atoms. The SMILES string of the molecule is CC(C)COC(CCl)OC1C=CCC1C. The molecule has 2 nitrogen and oxygen atoms in total. The largest absolute Gasteiger partial charge is 0.351 e. The van der Waals surface area contributed by atoms with Crippen LogP contribution >= 0.6 is 11.6 Å². The van der Waals surface area contributed by atoms with Crippen LogP contribution in [0, 0.1) is 11.8 Å². The second-order valence-electron chi connectivity index (χ2n) is 4.55. The van der Waals surface area contributed by atoms with E-state index in [1.807, 2.05) is 0 Å². The van der Waals surface area contributed by atoms with Gasteiger partial charge in [-0.2, -0.15) is 0 Å². The van der Waals surface area contributed by atoms with Crippen molar-refractivity contribution in [3.05, 3.63) is 12.2 Å². The van der Waals surface area contributed by atoms with E-state index in [2.05, 4.69) is 32.9 Å². The van der Waals surface area contributed by atoms with Gasteiger partial charge in [0, 0.05) is 0 Å². The fourth-order valence-electron chi connectivity index (χ4n) is 1.53. The Labute approximate surface area is 97.6 Å². The molecule has 0 aromatic heterocycles. The Hall–Kier alpha value is -0.0500. The van der Waals surface area contributed by atoms with Gasteiger partial charge in [0.15, 0.2) is 6.29 Å². The molecule has 0 saturated heterocycles. The minimum absolute atomic E-state index is 0.168. The first-order valence-corrected chi connectivity index (χ1v) is 6.16. The molecule has 0 N–H and O–H groups in total. The second-order valence-corrected chi connectivity index (χ2v) is 4.86. The molecule has 0 aromatic rings. The lowest BCUT2D eigenvalue weighted by molar-refractivity contribution is -0.159. The molecule has 1 aliphatic rings. The maximum atomic E-state index is 5.80. The van der Waals surface area contributed by atoms with E-state index >= 15 is 0 Å². The smallest absolute Gasteiger partial charge is 0.171 e. The highest BCUT2D eigenvalue weighted by Crippen LogP contribution is 2.22. The van der Waals surface area contributed by atoms with E-state index in [1.165, 1.54) is 0 Å². The number of alkyl halides is 1. The number of rotatable bonds is 6. The molecule has 1 aliphatic carbocycles. The first-order chi connectivity index (χ1) is 7.13. The van der Waals surface area contributed by atoms with Gasteiger partial charge in [-0.25, -0.2) is 0 Å². The first-order valence-electron chi connectivity index (χ1n) is 5.63. The molecule has 0 radical (unpaired) electrons. The number of ether oxygens (including phenoxy) is 2. The maximum absolute atomic E-state index is 5.80. The zero-order valence-corrected chi connectivity index (χ0v) is 10.5. The lowest BCUT2D eigenvalue weighted by Gasteiger charge is -2.23. The molecule has 15 heavy (non-hydrogen) atoms. The predicted molar refractivity (Wildman–Crippen MR) is 63.1 cm³/mol. The molecule has 0 heterocycles. The van der Waals surface area contributed by atoms with Gasteiger partial charge in [-0.15, -0.1) is 11.6 Å². The monoisotopic (exact) mass is 232 g/mol. The summed E-state index contributed by atoms with van der Waals surface area (Å²) in [5.74, 6) is 1.44. The third kappa shape index (κ3) is 4.54. The number of hydrogen-bond donors (Lipinski definition) is 0. The summed E-state index contributed by atoms with van der Waals surface area (Å²) in [6, 6.07) is 0. The van der Waals surface area contributed by atoms with Crippen molar-refractivity contribution < 1.29 is 9.47 Å². The van der Waals surface area contributed by atoms with Crippen LogP contribution in [0.1, 0.15) is 27.2 Å². The van der Waals surface area contributed by atoms with Crippen LogP contribution in [0.3, 0.4) is 0 Å². The zero-order valence-electron chi connectivity index (χ0n) is 9.78. The molecule has 0 aromatic carbocycles. The van der Waals surface area contributed by atoms with Crippen LogP contribution in [-0.2, 0) is 9.47 Å². The summed E-state index contributed by atoms with van der Waals surface area (Å²) in [5, 5.41) is 0. The lowest BCUT2D eigenvalue weighted by atomic mass is 10.1. The Kier molecular flexibility index (Phi) is 5.65. The fourth-order valence-corrected chi connectivity index (χ4v) is 1.69. The first kappa shape index (κ1) is 13.0. The Balaban J connectivity index is 2.29. The van der Waals surface area contributed by atoms with Crippen molar-refractivity contribution in [3.63, 3.8) is 0 Å². The van der Waals surface area contributed by atoms with Crippen molar-refractivity contribution >= 4 is 11.6 Å². The maximum Gasteiger partial charge on any atom is 0.171 e. The van der Waals surface area contributed by atoms with E-state index in [-0.39, 0.29) is 12.4 Å². The lowest BCUT2D eigenvalue weighted by Crippen LogP contribution is -2.28. The summed E-state index contributed by atoms with van der Waals surface area (Å²) >= 11 is 5.80. The zero-order chi connectivity index (χ0) is 11.3. The van der Waals surface area contributed by atoms with Crippen molar-refractivity contribution in [2.45, 2.75) is 39.6 Å². The van der Waals surface area contributed by atoms with Gasteiger partial charge in [0.1, 0.15) is 0 Å². The van der Waals surface area contributed by atoms with Crippen molar-refractivity contribution in [2.24, 2.45) is 11.8 Å². The van der Waals surface area contributed by atoms with Crippen LogP contribution in [0.25, 0.3) is 0 Å². The third-order valence-corrected chi connectivity index (χ3v) is 2.70. The minimum atomic E-state index is -0.274. The van der Waals surface area contributed by atoms with Gasteiger partial charge in [-0.3, -0.25) is 0 Å². The Morgan fingerprint density at radius 2 is 2.20 bits per heavy atom. The second kappa shape index (κ2) is 6.51. The van der Waals surface area contributed by atoms with Gasteiger partial charge in [-0.05, 0) is 18.3 Å². The van der Waals surface area contributed by atoms with Crippen LogP contribution in [0.2, 0.25) is 0 Å². The molecule has 0 spiro atoms. The van der Waals surface area contributed by atoms with Crippen LogP contribution < -0.4 is 0 Å². The highest BCUT2D eigenvalue weighted by molar-refractivity contribution is 6.18. The standard InChI is InChI=1S/C12H21ClO2/c1-9(2)8-14-12(7-13)15-11-6-4-5-10(11)3/h4,6,9-12H,5,7-8H2,1-3H3. The predicted octanol–water partition coefficient (Wildman–Crippen LogP) is 3.21. The molecule has 88 valence electrons. The summed E-state index contributed by atoms with van der Waals surface area (Å²) in [6.45, 7) is 7.10. The minimum Gasteiger partial charge on any atom is -0.351 e. The Bertz CT molecular complexity index is 204. The van der Waals surface area contributed by atoms with Crippen molar-refractivity contribution in [2.75, 3.05) is 12.5 Å². The van der Waals surface area contributed by atoms with E-state index in [1.54, 1.807) is 0 Å². The molecular formula is C12H21ClO2. The Morgan fingerprint density at radius 3 is 2.67 bits per heavy atom. The van der Waals surface area contributed by atoms with Crippen LogP contribution in [0.5, 0.6) is 0 Å². The number of allylic oxidation sites excluding steroid dienone is 1. The van der Waals surface area contributed by atoms with E-state index in [9.17, 15) is 0 Å². The van der Waals surface area contributed by atoms with Crippen molar-refractivity contribution in [3.8, 4) is 0 Å². The summed E-state index contributed by atoms with van der Waals surface area (Å²) in [4.78, 5) is 0. The molecule has 0 aliphatic heterocycles. The molecule has 3 heteroatoms. The highest BCUT2D eigenvalue weighted by atomic mass is 35.5. The summed E-state index contributed by atoms with van der Waals surface area (Å²) in [5.41, 5.74) is 0. The van der Waals surface area contributed by atoms with E-state index < -0.39 is 0 Å². The van der Waals surface area contributed by atoms with Gasteiger partial charge in [0.25, 0.3) is 0 Å². The third-order valence-electron chi connectivity index (χ3n) is 2.44. The van der Waals surface area contributed by atoms with Gasteiger partial charge < -0.3 is 9.47 Å². The molecule has 0 amide bonds. The summed E-state index contributed by atoms with van der Waals surface area (Å²) in [7, 11) is 0. The van der Waals surface area contributed by atoms with Crippen molar-refractivity contribution in [1.29, 1.82) is 0 Å². The molecule has 0 fully saturated rings. The van der Waals surface area contributed by atoms with E-state index in [0.29, 0.717) is 24.3 Å². The molecule has 0 saturated carbocycles. The van der Waals surface area contributed by atoms with Gasteiger partial charge in [-0.1, -0.05) is 32.9 Å². The summed E-state index contributed by atoms with van der Waals surface area (Å²) in [6.07, 6.45) is 5.24. The van der Waals surface area contributed by atoms with Crippen LogP contribution in [-0.4, -0.2) is 24.9 Å². The van der Waals surface area contributed by atoms with Crippen molar-refractivity contribution in [1.82, 2.24) is 0 Å². The number of hydrogen-bond acceptors (Lipinski definition) is 2. The van der Waals surface area contributed by atoms with Gasteiger partial charge >= 0.3 is 0 Å². The normalized spacial score (nSPS) is 27.5. The fraction of sp³-hybridized carbons (Fsp3) is 0.833. The van der Waals surface area contributed by atoms with E-state index in [4.69, 9.17) is 21.1 Å². The number of halogens is 1. The molecule has 3 atom stereocenters. The van der Waals surface area contributed by atoms with Crippen LogP contribution in [0.15, 0.2) is 12.2 Å². The quantitative estimate of drug-likeness (QED) is 0.398.